The zero-order valence-electron chi connectivity index (χ0n) is 11.7. The second-order valence-corrected chi connectivity index (χ2v) is 5.37. The predicted octanol–water partition coefficient (Wildman–Crippen LogP) is 0.327. The molecule has 6 heteroatoms. The maximum absolute atomic E-state index is 12.0. The van der Waals surface area contributed by atoms with Gasteiger partial charge in [-0.05, 0) is 12.0 Å². The van der Waals surface area contributed by atoms with Crippen LogP contribution in [0.4, 0.5) is 0 Å². The monoisotopic (exact) mass is 277 g/mol. The van der Waals surface area contributed by atoms with E-state index in [0.29, 0.717) is 19.7 Å². The fourth-order valence-corrected chi connectivity index (χ4v) is 2.92. The summed E-state index contributed by atoms with van der Waals surface area (Å²) in [7, 11) is 0. The Kier molecular flexibility index (Phi) is 3.56. The Bertz CT molecular complexity index is 582. The number of ether oxygens (including phenoxy) is 1. The summed E-state index contributed by atoms with van der Waals surface area (Å²) in [6.45, 7) is 4.60. The van der Waals surface area contributed by atoms with Gasteiger partial charge in [0, 0.05) is 38.5 Å². The third-order valence-corrected chi connectivity index (χ3v) is 3.96. The molecule has 1 saturated heterocycles. The fourth-order valence-electron chi connectivity index (χ4n) is 2.92. The van der Waals surface area contributed by atoms with Crippen LogP contribution in [0.1, 0.15) is 31.0 Å². The maximum atomic E-state index is 12.0. The number of fused-ring (bicyclic) bond motifs is 1. The number of carbonyl (C=O) groups is 1. The van der Waals surface area contributed by atoms with E-state index in [1.807, 2.05) is 6.92 Å². The third kappa shape index (κ3) is 2.35. The largest absolute Gasteiger partial charge is 0.464 e. The molecule has 3 heterocycles. The molecule has 0 spiro atoms. The van der Waals surface area contributed by atoms with E-state index < -0.39 is 0 Å². The van der Waals surface area contributed by atoms with Gasteiger partial charge in [-0.15, -0.1) is 0 Å². The Morgan fingerprint density at radius 3 is 3.00 bits per heavy atom. The summed E-state index contributed by atoms with van der Waals surface area (Å²) in [4.78, 5) is 25.7. The third-order valence-electron chi connectivity index (χ3n) is 3.96. The van der Waals surface area contributed by atoms with Crippen LogP contribution in [0.15, 0.2) is 10.9 Å². The number of hydrogen-bond donors (Lipinski definition) is 0. The first-order valence-corrected chi connectivity index (χ1v) is 7.19. The van der Waals surface area contributed by atoms with Crippen LogP contribution in [0.3, 0.4) is 0 Å². The summed E-state index contributed by atoms with van der Waals surface area (Å²) in [5.41, 5.74) is 1.88. The highest BCUT2D eigenvalue weighted by molar-refractivity contribution is 5.77. The Labute approximate surface area is 117 Å². The maximum Gasteiger partial charge on any atom is 0.323 e. The lowest BCUT2D eigenvalue weighted by atomic mass is 10.0. The highest BCUT2D eigenvalue weighted by Crippen LogP contribution is 2.22. The van der Waals surface area contributed by atoms with Crippen molar-refractivity contribution in [2.45, 2.75) is 45.3 Å². The van der Waals surface area contributed by atoms with Crippen molar-refractivity contribution in [1.29, 1.82) is 0 Å². The molecule has 0 saturated carbocycles. The van der Waals surface area contributed by atoms with Gasteiger partial charge in [-0.1, -0.05) is 6.92 Å². The van der Waals surface area contributed by atoms with Crippen molar-refractivity contribution in [2.75, 3.05) is 13.2 Å². The molecule has 20 heavy (non-hydrogen) atoms. The van der Waals surface area contributed by atoms with Crippen molar-refractivity contribution in [3.05, 3.63) is 27.7 Å². The van der Waals surface area contributed by atoms with Crippen LogP contribution < -0.4 is 5.56 Å². The first kappa shape index (κ1) is 13.3. The molecular formula is C14H19N3O3. The number of hydrogen-bond acceptors (Lipinski definition) is 5. The standard InChI is InChI=1S/C14H19N3O3/c1-2-5-17-13(18)8-10-9-16(6-3-11(10)15-17)12-4-7-20-14(12)19/h8,12H,2-7,9H2,1H3. The van der Waals surface area contributed by atoms with Crippen molar-refractivity contribution in [3.63, 3.8) is 0 Å². The van der Waals surface area contributed by atoms with Gasteiger partial charge in [-0.2, -0.15) is 5.10 Å². The Hall–Kier alpha value is -1.69. The van der Waals surface area contributed by atoms with Gasteiger partial charge < -0.3 is 4.74 Å². The highest BCUT2D eigenvalue weighted by atomic mass is 16.5. The number of aromatic nitrogens is 2. The molecular weight excluding hydrogens is 258 g/mol. The predicted molar refractivity (Wildman–Crippen MR) is 72.3 cm³/mol. The van der Waals surface area contributed by atoms with E-state index in [9.17, 15) is 9.59 Å². The van der Waals surface area contributed by atoms with E-state index in [2.05, 4.69) is 10.00 Å². The Morgan fingerprint density at radius 1 is 1.45 bits per heavy atom. The van der Waals surface area contributed by atoms with Gasteiger partial charge in [0.05, 0.1) is 12.3 Å². The lowest BCUT2D eigenvalue weighted by Gasteiger charge is -2.30. The highest BCUT2D eigenvalue weighted by Gasteiger charge is 2.34. The number of aryl methyl sites for hydroxylation is 1. The molecule has 2 aliphatic heterocycles. The van der Waals surface area contributed by atoms with Crippen LogP contribution in [0.2, 0.25) is 0 Å². The minimum absolute atomic E-state index is 0.0542. The van der Waals surface area contributed by atoms with Crippen molar-refractivity contribution >= 4 is 5.97 Å². The molecule has 2 aliphatic rings. The van der Waals surface area contributed by atoms with Crippen molar-refractivity contribution < 1.29 is 9.53 Å². The lowest BCUT2D eigenvalue weighted by Crippen LogP contribution is -2.43. The first-order chi connectivity index (χ1) is 9.69. The number of rotatable bonds is 3. The van der Waals surface area contributed by atoms with Crippen molar-refractivity contribution in [3.8, 4) is 0 Å². The molecule has 3 rings (SSSR count). The minimum Gasteiger partial charge on any atom is -0.464 e. The quantitative estimate of drug-likeness (QED) is 0.745. The van der Waals surface area contributed by atoms with Crippen LogP contribution in [0.25, 0.3) is 0 Å². The molecule has 6 nitrogen and oxygen atoms in total. The van der Waals surface area contributed by atoms with Crippen molar-refractivity contribution in [1.82, 2.24) is 14.7 Å². The smallest absolute Gasteiger partial charge is 0.323 e. The summed E-state index contributed by atoms with van der Waals surface area (Å²) in [5, 5.41) is 4.44. The van der Waals surface area contributed by atoms with Crippen LogP contribution in [-0.2, 0) is 29.0 Å². The second kappa shape index (κ2) is 5.36. The van der Waals surface area contributed by atoms with Gasteiger partial charge in [-0.3, -0.25) is 14.5 Å². The molecule has 1 aromatic heterocycles. The van der Waals surface area contributed by atoms with Gasteiger partial charge >= 0.3 is 5.97 Å². The zero-order valence-corrected chi connectivity index (χ0v) is 11.7. The number of esters is 1. The van der Waals surface area contributed by atoms with Crippen LogP contribution in [0.5, 0.6) is 0 Å². The lowest BCUT2D eigenvalue weighted by molar-refractivity contribution is -0.142. The molecule has 0 amide bonds. The molecule has 0 aromatic carbocycles. The molecule has 1 atom stereocenters. The van der Waals surface area contributed by atoms with Crippen LogP contribution in [-0.4, -0.2) is 39.8 Å². The van der Waals surface area contributed by atoms with E-state index in [1.54, 1.807) is 10.7 Å². The molecule has 0 N–H and O–H groups in total. The molecule has 108 valence electrons. The topological polar surface area (TPSA) is 64.4 Å². The molecule has 1 aromatic rings. The van der Waals surface area contributed by atoms with E-state index in [0.717, 1.165) is 37.1 Å². The average Bonchev–Trinajstić information content (AvgIpc) is 2.86. The molecule has 0 bridgehead atoms. The number of carbonyl (C=O) groups excluding carboxylic acids is 1. The normalized spacial score (nSPS) is 22.6. The average molecular weight is 277 g/mol. The van der Waals surface area contributed by atoms with Crippen LogP contribution >= 0.6 is 0 Å². The summed E-state index contributed by atoms with van der Waals surface area (Å²) in [6.07, 6.45) is 2.42. The van der Waals surface area contributed by atoms with Crippen molar-refractivity contribution in [2.24, 2.45) is 0 Å². The first-order valence-electron chi connectivity index (χ1n) is 7.19. The number of nitrogens with zero attached hydrogens (tertiary/aromatic N) is 3. The summed E-state index contributed by atoms with van der Waals surface area (Å²) >= 11 is 0. The molecule has 1 unspecified atom stereocenters. The van der Waals surface area contributed by atoms with E-state index >= 15 is 0 Å². The van der Waals surface area contributed by atoms with Gasteiger partial charge in [0.25, 0.3) is 5.56 Å². The van der Waals surface area contributed by atoms with Crippen LogP contribution in [0, 0.1) is 0 Å². The molecule has 0 radical (unpaired) electrons. The van der Waals surface area contributed by atoms with E-state index in [4.69, 9.17) is 4.74 Å². The van der Waals surface area contributed by atoms with E-state index in [-0.39, 0.29) is 17.6 Å². The Balaban J connectivity index is 1.83. The zero-order chi connectivity index (χ0) is 14.1. The summed E-state index contributed by atoms with van der Waals surface area (Å²) in [5.74, 6) is -0.138. The Morgan fingerprint density at radius 2 is 2.30 bits per heavy atom. The van der Waals surface area contributed by atoms with Gasteiger partial charge in [-0.25, -0.2) is 4.68 Å². The van der Waals surface area contributed by atoms with E-state index in [1.165, 1.54) is 0 Å². The number of cyclic esters (lactones) is 1. The summed E-state index contributed by atoms with van der Waals surface area (Å²) < 4.78 is 6.56. The second-order valence-electron chi connectivity index (χ2n) is 5.37. The SMILES string of the molecule is CCCn1nc2c(cc1=O)CN(C1CCOC1=O)CC2. The molecule has 0 aliphatic carbocycles. The minimum atomic E-state index is -0.152. The van der Waals surface area contributed by atoms with Gasteiger partial charge in [0.15, 0.2) is 0 Å². The molecule has 1 fully saturated rings. The van der Waals surface area contributed by atoms with Gasteiger partial charge in [0.1, 0.15) is 6.04 Å². The van der Waals surface area contributed by atoms with Gasteiger partial charge in [0.2, 0.25) is 0 Å². The fraction of sp³-hybridized carbons (Fsp3) is 0.643. The summed E-state index contributed by atoms with van der Waals surface area (Å²) in [6, 6.07) is 1.52.